The van der Waals surface area contributed by atoms with Crippen LogP contribution in [-0.4, -0.2) is 38.2 Å². The summed E-state index contributed by atoms with van der Waals surface area (Å²) in [5.74, 6) is -3.01. The molecule has 0 aliphatic carbocycles. The van der Waals surface area contributed by atoms with Gasteiger partial charge < -0.3 is 14.4 Å². The van der Waals surface area contributed by atoms with Gasteiger partial charge in [-0.05, 0) is 31.9 Å². The van der Waals surface area contributed by atoms with Crippen LogP contribution in [0.25, 0.3) is 0 Å². The van der Waals surface area contributed by atoms with Crippen molar-refractivity contribution >= 4 is 17.6 Å². The van der Waals surface area contributed by atoms with Gasteiger partial charge >= 0.3 is 11.9 Å². The Bertz CT molecular complexity index is 631. The van der Waals surface area contributed by atoms with E-state index in [1.807, 2.05) is 0 Å². The molecule has 1 aromatic rings. The first-order chi connectivity index (χ1) is 12.0. The van der Waals surface area contributed by atoms with Crippen molar-refractivity contribution in [2.75, 3.05) is 31.2 Å². The van der Waals surface area contributed by atoms with Crippen LogP contribution in [-0.2, 0) is 14.3 Å². The Kier molecular flexibility index (Phi) is 6.50. The third-order valence-electron chi connectivity index (χ3n) is 4.02. The van der Waals surface area contributed by atoms with Gasteiger partial charge in [-0.25, -0.2) is 13.6 Å². The van der Waals surface area contributed by atoms with E-state index in [2.05, 4.69) is 6.58 Å². The van der Waals surface area contributed by atoms with Crippen molar-refractivity contribution < 1.29 is 27.8 Å². The largest absolute Gasteiger partial charge is 0.466 e. The molecule has 0 spiro atoms. The van der Waals surface area contributed by atoms with E-state index in [0.29, 0.717) is 32.5 Å². The van der Waals surface area contributed by atoms with Crippen molar-refractivity contribution in [3.05, 3.63) is 42.0 Å². The Morgan fingerprint density at radius 1 is 1.24 bits per heavy atom. The third-order valence-corrected chi connectivity index (χ3v) is 4.02. The fourth-order valence-corrected chi connectivity index (χ4v) is 2.80. The predicted octanol–water partition coefficient (Wildman–Crippen LogP) is 3.09. The highest BCUT2D eigenvalue weighted by atomic mass is 19.1. The summed E-state index contributed by atoms with van der Waals surface area (Å²) >= 11 is 0. The second kappa shape index (κ2) is 8.60. The Hall–Kier alpha value is -2.44. The van der Waals surface area contributed by atoms with Crippen LogP contribution in [0, 0.1) is 17.6 Å². The van der Waals surface area contributed by atoms with Crippen molar-refractivity contribution in [1.29, 1.82) is 0 Å². The predicted molar refractivity (Wildman–Crippen MR) is 88.4 cm³/mol. The lowest BCUT2D eigenvalue weighted by Gasteiger charge is -2.33. The molecule has 1 aliphatic rings. The van der Waals surface area contributed by atoms with E-state index in [9.17, 15) is 18.4 Å². The molecule has 0 bridgehead atoms. The maximum Gasteiger partial charge on any atom is 0.338 e. The summed E-state index contributed by atoms with van der Waals surface area (Å²) in [4.78, 5) is 25.0. The van der Waals surface area contributed by atoms with Crippen molar-refractivity contribution in [2.45, 2.75) is 19.8 Å². The molecule has 136 valence electrons. The first-order valence-electron chi connectivity index (χ1n) is 8.16. The zero-order valence-electron chi connectivity index (χ0n) is 14.1. The normalized spacial score (nSPS) is 14.9. The van der Waals surface area contributed by atoms with Crippen molar-refractivity contribution in [3.8, 4) is 0 Å². The van der Waals surface area contributed by atoms with Crippen molar-refractivity contribution in [1.82, 2.24) is 0 Å². The molecule has 1 saturated heterocycles. The lowest BCUT2D eigenvalue weighted by atomic mass is 9.96. The number of hydrogen-bond acceptors (Lipinski definition) is 5. The second-order valence-electron chi connectivity index (χ2n) is 5.69. The Balaban J connectivity index is 2.09. The van der Waals surface area contributed by atoms with Gasteiger partial charge in [0.05, 0.1) is 18.1 Å². The molecule has 1 aliphatic heterocycles. The number of rotatable bonds is 6. The van der Waals surface area contributed by atoms with Gasteiger partial charge in [0.25, 0.3) is 0 Å². The van der Waals surface area contributed by atoms with Crippen molar-refractivity contribution in [2.24, 2.45) is 5.92 Å². The maximum atomic E-state index is 14.4. The van der Waals surface area contributed by atoms with Crippen molar-refractivity contribution in [3.63, 3.8) is 0 Å². The van der Waals surface area contributed by atoms with E-state index in [0.717, 1.165) is 12.1 Å². The minimum absolute atomic E-state index is 0.0365. The Morgan fingerprint density at radius 3 is 2.36 bits per heavy atom. The summed E-state index contributed by atoms with van der Waals surface area (Å²) in [7, 11) is 0. The molecule has 1 heterocycles. The van der Waals surface area contributed by atoms with Crippen LogP contribution >= 0.6 is 0 Å². The van der Waals surface area contributed by atoms with Gasteiger partial charge in [0.1, 0.15) is 23.9 Å². The average molecular weight is 353 g/mol. The van der Waals surface area contributed by atoms with Crippen LogP contribution in [0.15, 0.2) is 24.8 Å². The molecule has 0 N–H and O–H groups in total. The highest BCUT2D eigenvalue weighted by Crippen LogP contribution is 2.30. The van der Waals surface area contributed by atoms with E-state index in [1.54, 1.807) is 11.8 Å². The number of anilines is 1. The van der Waals surface area contributed by atoms with E-state index < -0.39 is 17.6 Å². The number of halogens is 2. The number of hydrogen-bond donors (Lipinski definition) is 0. The minimum Gasteiger partial charge on any atom is -0.466 e. The molecule has 0 atom stereocenters. The van der Waals surface area contributed by atoms with Crippen LogP contribution in [0.5, 0.6) is 0 Å². The lowest BCUT2D eigenvalue weighted by Crippen LogP contribution is -2.38. The molecular formula is C18H21F2NO4. The van der Waals surface area contributed by atoms with E-state index in [4.69, 9.17) is 9.47 Å². The first kappa shape index (κ1) is 18.9. The Labute approximate surface area is 145 Å². The smallest absolute Gasteiger partial charge is 0.338 e. The monoisotopic (exact) mass is 353 g/mol. The molecule has 7 heteroatoms. The van der Waals surface area contributed by atoms with Crippen LogP contribution in [0.3, 0.4) is 0 Å². The topological polar surface area (TPSA) is 55.8 Å². The van der Waals surface area contributed by atoms with Gasteiger partial charge in [0.15, 0.2) is 0 Å². The van der Waals surface area contributed by atoms with Gasteiger partial charge in [-0.1, -0.05) is 12.7 Å². The number of carbonyl (C=O) groups is 2. The van der Waals surface area contributed by atoms with Crippen LogP contribution < -0.4 is 4.90 Å². The summed E-state index contributed by atoms with van der Waals surface area (Å²) in [5, 5.41) is 0. The van der Waals surface area contributed by atoms with Crippen LogP contribution in [0.2, 0.25) is 0 Å². The molecular weight excluding hydrogens is 332 g/mol. The molecule has 1 aromatic carbocycles. The molecule has 0 saturated carbocycles. The van der Waals surface area contributed by atoms with E-state index in [1.165, 1.54) is 6.08 Å². The number of piperidine rings is 1. The highest BCUT2D eigenvalue weighted by molar-refractivity contribution is 5.90. The fraction of sp³-hybridized carbons (Fsp3) is 0.444. The third kappa shape index (κ3) is 4.55. The standard InChI is InChI=1S/C18H21F2NO4/c1-3-9-25-18(23)13-10-14(19)16(15(20)11-13)21-7-5-12(6-8-21)17(22)24-4-2/h3,10-12H,1,4-9H2,2H3. The molecule has 0 aromatic heterocycles. The molecule has 1 fully saturated rings. The van der Waals surface area contributed by atoms with Gasteiger partial charge in [-0.3, -0.25) is 4.79 Å². The summed E-state index contributed by atoms with van der Waals surface area (Å²) in [6.07, 6.45) is 2.29. The number of carbonyl (C=O) groups excluding carboxylic acids is 2. The SMILES string of the molecule is C=CCOC(=O)c1cc(F)c(N2CCC(C(=O)OCC)CC2)c(F)c1. The molecule has 2 rings (SSSR count). The minimum atomic E-state index is -0.833. The number of benzene rings is 1. The maximum absolute atomic E-state index is 14.4. The highest BCUT2D eigenvalue weighted by Gasteiger charge is 2.29. The van der Waals surface area contributed by atoms with E-state index >= 15 is 0 Å². The lowest BCUT2D eigenvalue weighted by molar-refractivity contribution is -0.148. The number of esters is 2. The van der Waals surface area contributed by atoms with Gasteiger partial charge in [0.2, 0.25) is 0 Å². The zero-order chi connectivity index (χ0) is 18.4. The molecule has 0 radical (unpaired) electrons. The summed E-state index contributed by atoms with van der Waals surface area (Å²) in [6, 6.07) is 1.92. The van der Waals surface area contributed by atoms with Gasteiger partial charge in [-0.15, -0.1) is 0 Å². The zero-order valence-corrected chi connectivity index (χ0v) is 14.1. The van der Waals surface area contributed by atoms with Gasteiger partial charge in [0, 0.05) is 13.1 Å². The summed E-state index contributed by atoms with van der Waals surface area (Å²) < 4.78 is 38.5. The second-order valence-corrected chi connectivity index (χ2v) is 5.69. The fourth-order valence-electron chi connectivity index (χ4n) is 2.80. The number of ether oxygens (including phenoxy) is 2. The first-order valence-corrected chi connectivity index (χ1v) is 8.16. The molecule has 25 heavy (non-hydrogen) atoms. The van der Waals surface area contributed by atoms with Crippen LogP contribution in [0.4, 0.5) is 14.5 Å². The average Bonchev–Trinajstić information content (AvgIpc) is 2.59. The van der Waals surface area contributed by atoms with Gasteiger partial charge in [-0.2, -0.15) is 0 Å². The quantitative estimate of drug-likeness (QED) is 0.581. The Morgan fingerprint density at radius 2 is 1.84 bits per heavy atom. The molecule has 0 amide bonds. The molecule has 0 unspecified atom stereocenters. The van der Waals surface area contributed by atoms with E-state index in [-0.39, 0.29) is 29.7 Å². The number of nitrogens with zero attached hydrogens (tertiary/aromatic N) is 1. The summed E-state index contributed by atoms with van der Waals surface area (Å²) in [6.45, 7) is 6.07. The molecule has 5 nitrogen and oxygen atoms in total. The summed E-state index contributed by atoms with van der Waals surface area (Å²) in [5.41, 5.74) is -0.385. The van der Waals surface area contributed by atoms with Crippen LogP contribution in [0.1, 0.15) is 30.1 Å².